The van der Waals surface area contributed by atoms with Crippen molar-refractivity contribution in [1.82, 2.24) is 0 Å². The highest BCUT2D eigenvalue weighted by molar-refractivity contribution is 8.59. The lowest BCUT2D eigenvalue weighted by Crippen LogP contribution is -2.14. The summed E-state index contributed by atoms with van der Waals surface area (Å²) < 4.78 is 0. The summed E-state index contributed by atoms with van der Waals surface area (Å²) in [5, 5.41) is 11.9. The van der Waals surface area contributed by atoms with Crippen molar-refractivity contribution >= 4 is 69.7 Å². The molecular weight excluding hydrogens is 809 g/mol. The number of hydrogen-bond donors (Lipinski definition) is 6. The minimum absolute atomic E-state index is 0.186. The molecule has 4 N–H and O–H groups in total. The number of thiol groups is 2. The maximum Gasteiger partial charge on any atom is 0.255 e. The van der Waals surface area contributed by atoms with E-state index in [2.05, 4.69) is 44.6 Å². The van der Waals surface area contributed by atoms with Crippen molar-refractivity contribution in [3.05, 3.63) is 241 Å². The van der Waals surface area contributed by atoms with Crippen molar-refractivity contribution in [3.8, 4) is 22.3 Å². The van der Waals surface area contributed by atoms with Crippen LogP contribution < -0.4 is 21.3 Å². The fraction of sp³-hybridized carbons (Fsp3) is 0. The van der Waals surface area contributed by atoms with E-state index in [0.29, 0.717) is 45.0 Å². The summed E-state index contributed by atoms with van der Waals surface area (Å²) in [6.07, 6.45) is 0. The Labute approximate surface area is 371 Å². The van der Waals surface area contributed by atoms with E-state index < -0.39 is 0 Å². The third-order valence-electron chi connectivity index (χ3n) is 9.43. The van der Waals surface area contributed by atoms with Crippen LogP contribution in [0, 0.1) is 0 Å². The molecule has 8 nitrogen and oxygen atoms in total. The molecule has 0 fully saturated rings. The summed E-state index contributed by atoms with van der Waals surface area (Å²) in [5.74, 6) is -0.745. The number of carbonyl (C=O) groups is 4. The second kappa shape index (κ2) is 22.6. The van der Waals surface area contributed by atoms with Crippen LogP contribution in [-0.4, -0.2) is 23.6 Å². The number of nitrogens with one attached hydrogen (secondary N) is 4. The zero-order valence-electron chi connectivity index (χ0n) is 33.3. The molecule has 8 aromatic carbocycles. The predicted molar refractivity (Wildman–Crippen MR) is 259 cm³/mol. The summed E-state index contributed by atoms with van der Waals surface area (Å²) in [6, 6.07) is 66.5. The Morgan fingerprint density at radius 1 is 0.242 bits per heavy atom. The molecule has 4 amide bonds. The Kier molecular flexibility index (Phi) is 16.0. The van der Waals surface area contributed by atoms with E-state index in [0.717, 1.165) is 22.3 Å². The molecule has 0 atom stereocenters. The second-order valence-corrected chi connectivity index (χ2v) is 13.5. The number of amides is 4. The lowest BCUT2D eigenvalue weighted by atomic mass is 10.0. The molecule has 0 spiro atoms. The Hall–Kier alpha value is -7.66. The lowest BCUT2D eigenvalue weighted by molar-refractivity contribution is 0.101. The Morgan fingerprint density at radius 3 is 0.597 bits per heavy atom. The molecule has 62 heavy (non-hydrogen) atoms. The standard InChI is InChI=1S/2C26H20N2O2.H2S2/c2*29-25(19-11-3-1-4-12-19)27-23-17-9-7-15-21(23)22-16-8-10-18-24(22)28-26(30)20-13-5-2-6-14-20;1-2/h2*1-18H,(H,27,29)(H,28,30);1-2H. The van der Waals surface area contributed by atoms with Crippen LogP contribution in [-0.2, 0) is 0 Å². The first kappa shape index (κ1) is 43.9. The first-order valence-corrected chi connectivity index (χ1v) is 21.1. The average molecular weight is 851 g/mol. The van der Waals surface area contributed by atoms with E-state index >= 15 is 0 Å². The summed E-state index contributed by atoms with van der Waals surface area (Å²) in [5.41, 5.74) is 8.32. The maximum atomic E-state index is 12.7. The van der Waals surface area contributed by atoms with Gasteiger partial charge in [-0.2, -0.15) is 0 Å². The molecule has 0 heterocycles. The molecule has 0 aliphatic heterocycles. The van der Waals surface area contributed by atoms with Gasteiger partial charge in [-0.25, -0.2) is 0 Å². The van der Waals surface area contributed by atoms with Crippen LogP contribution in [0.25, 0.3) is 22.3 Å². The van der Waals surface area contributed by atoms with Gasteiger partial charge in [-0.05, 0) is 72.8 Å². The van der Waals surface area contributed by atoms with Crippen LogP contribution in [0.3, 0.4) is 0 Å². The maximum absolute atomic E-state index is 12.7. The third-order valence-corrected chi connectivity index (χ3v) is 9.43. The zero-order chi connectivity index (χ0) is 43.5. The van der Waals surface area contributed by atoms with E-state index in [4.69, 9.17) is 0 Å². The number of benzene rings is 8. The van der Waals surface area contributed by atoms with Crippen molar-refractivity contribution in [1.29, 1.82) is 0 Å². The highest BCUT2D eigenvalue weighted by Gasteiger charge is 2.16. The van der Waals surface area contributed by atoms with E-state index in [1.165, 1.54) is 0 Å². The van der Waals surface area contributed by atoms with Crippen molar-refractivity contribution in [2.45, 2.75) is 0 Å². The molecule has 306 valence electrons. The van der Waals surface area contributed by atoms with Crippen molar-refractivity contribution in [2.24, 2.45) is 0 Å². The number of anilines is 4. The SMILES string of the molecule is O=C(Nc1ccccc1-c1ccccc1NC(=O)c1ccccc1)c1ccccc1.O=C(Nc1ccccc1-c1ccccc1NC(=O)c1ccccc1)c1ccccc1.SS. The van der Waals surface area contributed by atoms with Gasteiger partial charge in [-0.15, -0.1) is 23.3 Å². The lowest BCUT2D eigenvalue weighted by Gasteiger charge is -2.15. The Bertz CT molecular complexity index is 2360. The second-order valence-electron chi connectivity index (χ2n) is 13.5. The summed E-state index contributed by atoms with van der Waals surface area (Å²) in [4.78, 5) is 50.7. The van der Waals surface area contributed by atoms with Gasteiger partial charge < -0.3 is 21.3 Å². The normalized spacial score (nSPS) is 10.0. The predicted octanol–water partition coefficient (Wildman–Crippen LogP) is 12.5. The number of carbonyl (C=O) groups excluding carboxylic acids is 4. The highest BCUT2D eigenvalue weighted by Crippen LogP contribution is 2.35. The molecule has 0 bridgehead atoms. The molecule has 0 unspecified atom stereocenters. The molecule has 0 saturated carbocycles. The van der Waals surface area contributed by atoms with E-state index in [1.54, 1.807) is 48.5 Å². The van der Waals surface area contributed by atoms with Crippen LogP contribution in [0.2, 0.25) is 0 Å². The summed E-state index contributed by atoms with van der Waals surface area (Å²) >= 11 is 6.44. The van der Waals surface area contributed by atoms with Crippen LogP contribution in [0.15, 0.2) is 218 Å². The molecule has 8 aromatic rings. The van der Waals surface area contributed by atoms with Gasteiger partial charge in [-0.3, -0.25) is 19.2 Å². The average Bonchev–Trinajstić information content (AvgIpc) is 3.34. The fourth-order valence-electron chi connectivity index (χ4n) is 6.44. The van der Waals surface area contributed by atoms with Crippen molar-refractivity contribution in [3.63, 3.8) is 0 Å². The quantitative estimate of drug-likeness (QED) is 0.0607. The highest BCUT2D eigenvalue weighted by atomic mass is 33.1. The first-order valence-electron chi connectivity index (χ1n) is 19.5. The van der Waals surface area contributed by atoms with Crippen molar-refractivity contribution < 1.29 is 19.2 Å². The molecule has 0 aromatic heterocycles. The van der Waals surface area contributed by atoms with Gasteiger partial charge in [0, 0.05) is 67.3 Å². The molecule has 10 heteroatoms. The van der Waals surface area contributed by atoms with Gasteiger partial charge in [0.05, 0.1) is 0 Å². The summed E-state index contributed by atoms with van der Waals surface area (Å²) in [6.45, 7) is 0. The van der Waals surface area contributed by atoms with Crippen LogP contribution in [0.4, 0.5) is 22.7 Å². The van der Waals surface area contributed by atoms with Crippen LogP contribution in [0.5, 0.6) is 0 Å². The Balaban J connectivity index is 0.000000199. The molecule has 0 aliphatic carbocycles. The van der Waals surface area contributed by atoms with Gasteiger partial charge in [0.1, 0.15) is 0 Å². The van der Waals surface area contributed by atoms with E-state index in [9.17, 15) is 19.2 Å². The van der Waals surface area contributed by atoms with Gasteiger partial charge in [0.15, 0.2) is 0 Å². The van der Waals surface area contributed by atoms with Crippen LogP contribution in [0.1, 0.15) is 41.4 Å². The van der Waals surface area contributed by atoms with Crippen molar-refractivity contribution in [2.75, 3.05) is 21.3 Å². The fourth-order valence-corrected chi connectivity index (χ4v) is 6.44. The monoisotopic (exact) mass is 850 g/mol. The van der Waals surface area contributed by atoms with Crippen LogP contribution >= 0.6 is 23.3 Å². The molecule has 8 rings (SSSR count). The number of para-hydroxylation sites is 4. The van der Waals surface area contributed by atoms with Gasteiger partial charge in [-0.1, -0.05) is 146 Å². The number of rotatable bonds is 10. The van der Waals surface area contributed by atoms with Gasteiger partial charge in [0.25, 0.3) is 23.6 Å². The van der Waals surface area contributed by atoms with Gasteiger partial charge in [0.2, 0.25) is 0 Å². The molecule has 0 saturated heterocycles. The minimum Gasteiger partial charge on any atom is -0.321 e. The molecule has 0 aliphatic rings. The third kappa shape index (κ3) is 11.8. The molecular formula is C52H42N4O4S2. The zero-order valence-corrected chi connectivity index (χ0v) is 35.1. The largest absolute Gasteiger partial charge is 0.321 e. The number of hydrogen-bond acceptors (Lipinski definition) is 6. The molecule has 0 radical (unpaired) electrons. The van der Waals surface area contributed by atoms with E-state index in [-0.39, 0.29) is 23.6 Å². The summed E-state index contributed by atoms with van der Waals surface area (Å²) in [7, 11) is 0. The smallest absolute Gasteiger partial charge is 0.255 e. The van der Waals surface area contributed by atoms with E-state index in [1.807, 2.05) is 170 Å². The van der Waals surface area contributed by atoms with Gasteiger partial charge >= 0.3 is 0 Å². The minimum atomic E-state index is -0.186. The first-order chi connectivity index (χ1) is 30.4. The topological polar surface area (TPSA) is 116 Å². The Morgan fingerprint density at radius 2 is 0.403 bits per heavy atom.